The number of ether oxygens (including phenoxy) is 1. The molecule has 114 valence electrons. The second kappa shape index (κ2) is 6.74. The van der Waals surface area contributed by atoms with Gasteiger partial charge in [-0.1, -0.05) is 12.1 Å². The summed E-state index contributed by atoms with van der Waals surface area (Å²) in [4.78, 5) is 6.40. The van der Waals surface area contributed by atoms with Crippen LogP contribution in [0.3, 0.4) is 0 Å². The van der Waals surface area contributed by atoms with E-state index in [9.17, 15) is 5.11 Å². The van der Waals surface area contributed by atoms with E-state index in [4.69, 9.17) is 9.15 Å². The Morgan fingerprint density at radius 1 is 1.29 bits per heavy atom. The average Bonchev–Trinajstić information content (AvgIpc) is 2.78. The van der Waals surface area contributed by atoms with Gasteiger partial charge in [0.1, 0.15) is 11.5 Å². The average molecular weight is 290 g/mol. The minimum absolute atomic E-state index is 0.0293. The Bertz CT molecular complexity index is 558. The van der Waals surface area contributed by atoms with Crippen LogP contribution in [-0.4, -0.2) is 35.8 Å². The van der Waals surface area contributed by atoms with Gasteiger partial charge in [-0.25, -0.2) is 4.98 Å². The van der Waals surface area contributed by atoms with Crippen LogP contribution in [-0.2, 0) is 6.54 Å². The summed E-state index contributed by atoms with van der Waals surface area (Å²) in [6.07, 6.45) is 0. The van der Waals surface area contributed by atoms with E-state index in [1.54, 1.807) is 7.11 Å². The van der Waals surface area contributed by atoms with Crippen LogP contribution in [0.2, 0.25) is 0 Å². The lowest BCUT2D eigenvalue weighted by Crippen LogP contribution is -2.27. The first-order valence-corrected chi connectivity index (χ1v) is 6.93. The molecule has 0 unspecified atom stereocenters. The van der Waals surface area contributed by atoms with E-state index in [0.29, 0.717) is 12.4 Å². The normalized spacial score (nSPS) is 12.7. The Morgan fingerprint density at radius 2 is 1.95 bits per heavy atom. The molecule has 2 aromatic rings. The van der Waals surface area contributed by atoms with Crippen LogP contribution in [0.15, 0.2) is 28.7 Å². The number of methoxy groups -OCH3 is 1. The van der Waals surface area contributed by atoms with Gasteiger partial charge >= 0.3 is 0 Å². The summed E-state index contributed by atoms with van der Waals surface area (Å²) in [6.45, 7) is 4.40. The Labute approximate surface area is 125 Å². The Kier molecular flexibility index (Phi) is 4.98. The molecule has 1 atom stereocenters. The van der Waals surface area contributed by atoms with Crippen LogP contribution in [0.4, 0.5) is 0 Å². The number of benzene rings is 1. The van der Waals surface area contributed by atoms with Gasteiger partial charge in [0.2, 0.25) is 5.89 Å². The van der Waals surface area contributed by atoms with E-state index >= 15 is 0 Å². The van der Waals surface area contributed by atoms with Crippen molar-refractivity contribution in [1.29, 1.82) is 0 Å². The van der Waals surface area contributed by atoms with Crippen molar-refractivity contribution >= 4 is 0 Å². The molecule has 5 heteroatoms. The van der Waals surface area contributed by atoms with Crippen LogP contribution in [0.1, 0.15) is 29.0 Å². The van der Waals surface area contributed by atoms with E-state index in [1.165, 1.54) is 0 Å². The number of aliphatic hydroxyl groups excluding tert-OH is 1. The van der Waals surface area contributed by atoms with E-state index in [1.807, 2.05) is 50.1 Å². The van der Waals surface area contributed by atoms with Crippen LogP contribution < -0.4 is 4.74 Å². The standard InChI is InChI=1S/C16H22N2O3/c1-11-12(2)21-16(17-11)9-18(3)15(10-19)13-5-7-14(20-4)8-6-13/h5-8,15,19H,9-10H2,1-4H3/t15-/m0/s1. The molecule has 1 heterocycles. The minimum atomic E-state index is -0.108. The molecule has 0 spiro atoms. The Balaban J connectivity index is 2.11. The number of nitrogens with zero attached hydrogens (tertiary/aromatic N) is 2. The molecule has 0 saturated heterocycles. The summed E-state index contributed by atoms with van der Waals surface area (Å²) in [5, 5.41) is 9.69. The topological polar surface area (TPSA) is 58.7 Å². The van der Waals surface area contributed by atoms with Gasteiger partial charge in [0.05, 0.1) is 32.0 Å². The summed E-state index contributed by atoms with van der Waals surface area (Å²) in [5.41, 5.74) is 1.93. The molecule has 0 saturated carbocycles. The molecule has 0 fully saturated rings. The van der Waals surface area contributed by atoms with Crippen molar-refractivity contribution in [3.8, 4) is 5.75 Å². The number of hydrogen-bond donors (Lipinski definition) is 1. The van der Waals surface area contributed by atoms with Crippen molar-refractivity contribution in [2.24, 2.45) is 0 Å². The number of aryl methyl sites for hydroxylation is 2. The zero-order valence-corrected chi connectivity index (χ0v) is 13.0. The largest absolute Gasteiger partial charge is 0.497 e. The maximum Gasteiger partial charge on any atom is 0.208 e. The smallest absolute Gasteiger partial charge is 0.208 e. The monoisotopic (exact) mass is 290 g/mol. The predicted octanol–water partition coefficient (Wildman–Crippen LogP) is 2.47. The summed E-state index contributed by atoms with van der Waals surface area (Å²) in [6, 6.07) is 7.60. The van der Waals surface area contributed by atoms with Crippen molar-refractivity contribution in [1.82, 2.24) is 9.88 Å². The third-order valence-electron chi connectivity index (χ3n) is 3.66. The lowest BCUT2D eigenvalue weighted by molar-refractivity contribution is 0.133. The molecule has 2 rings (SSSR count). The van der Waals surface area contributed by atoms with Gasteiger partial charge in [-0.2, -0.15) is 0 Å². The number of likely N-dealkylation sites (N-methyl/N-ethyl adjacent to an activating group) is 1. The molecule has 0 aliphatic rings. The molecule has 1 aromatic heterocycles. The predicted molar refractivity (Wildman–Crippen MR) is 80.3 cm³/mol. The maximum absolute atomic E-state index is 9.69. The van der Waals surface area contributed by atoms with Gasteiger partial charge in [-0.15, -0.1) is 0 Å². The third kappa shape index (κ3) is 3.62. The highest BCUT2D eigenvalue weighted by Gasteiger charge is 2.18. The van der Waals surface area contributed by atoms with Crippen LogP contribution in [0.25, 0.3) is 0 Å². The fourth-order valence-corrected chi connectivity index (χ4v) is 2.26. The molecule has 0 aliphatic heterocycles. The maximum atomic E-state index is 9.69. The first kappa shape index (κ1) is 15.5. The van der Waals surface area contributed by atoms with Gasteiger partial charge in [0, 0.05) is 0 Å². The molecule has 21 heavy (non-hydrogen) atoms. The molecule has 0 radical (unpaired) electrons. The SMILES string of the molecule is COc1ccc([C@H](CO)N(C)Cc2nc(C)c(C)o2)cc1. The van der Waals surface area contributed by atoms with Gasteiger partial charge in [-0.05, 0) is 38.6 Å². The highest BCUT2D eigenvalue weighted by Crippen LogP contribution is 2.23. The number of rotatable bonds is 6. The number of hydrogen-bond acceptors (Lipinski definition) is 5. The highest BCUT2D eigenvalue weighted by molar-refractivity contribution is 5.29. The molecule has 0 amide bonds. The third-order valence-corrected chi connectivity index (χ3v) is 3.66. The van der Waals surface area contributed by atoms with E-state index < -0.39 is 0 Å². The van der Waals surface area contributed by atoms with Crippen molar-refractivity contribution in [3.05, 3.63) is 47.2 Å². The second-order valence-electron chi connectivity index (χ2n) is 5.14. The quantitative estimate of drug-likeness (QED) is 0.885. The fourth-order valence-electron chi connectivity index (χ4n) is 2.26. The van der Waals surface area contributed by atoms with E-state index in [2.05, 4.69) is 4.98 Å². The summed E-state index contributed by atoms with van der Waals surface area (Å²) < 4.78 is 10.8. The zero-order valence-electron chi connectivity index (χ0n) is 13.0. The molecular formula is C16H22N2O3. The van der Waals surface area contributed by atoms with E-state index in [-0.39, 0.29) is 12.6 Å². The molecule has 1 aromatic carbocycles. The number of oxazole rings is 1. The zero-order chi connectivity index (χ0) is 15.4. The van der Waals surface area contributed by atoms with Crippen LogP contribution in [0.5, 0.6) is 5.75 Å². The lowest BCUT2D eigenvalue weighted by atomic mass is 10.1. The first-order chi connectivity index (χ1) is 10.0. The van der Waals surface area contributed by atoms with Gasteiger partial charge in [-0.3, -0.25) is 4.90 Å². The van der Waals surface area contributed by atoms with Gasteiger partial charge in [0.15, 0.2) is 0 Å². The highest BCUT2D eigenvalue weighted by atomic mass is 16.5. The van der Waals surface area contributed by atoms with Gasteiger partial charge < -0.3 is 14.3 Å². The van der Waals surface area contributed by atoms with Crippen molar-refractivity contribution < 1.29 is 14.3 Å². The minimum Gasteiger partial charge on any atom is -0.497 e. The summed E-state index contributed by atoms with van der Waals surface area (Å²) in [5.74, 6) is 2.31. The van der Waals surface area contributed by atoms with Gasteiger partial charge in [0.25, 0.3) is 0 Å². The summed E-state index contributed by atoms with van der Waals surface area (Å²) >= 11 is 0. The lowest BCUT2D eigenvalue weighted by Gasteiger charge is -2.25. The first-order valence-electron chi connectivity index (χ1n) is 6.93. The summed E-state index contributed by atoms with van der Waals surface area (Å²) in [7, 11) is 3.58. The second-order valence-corrected chi connectivity index (χ2v) is 5.14. The number of aromatic nitrogens is 1. The molecule has 1 N–H and O–H groups in total. The molecule has 0 aliphatic carbocycles. The van der Waals surface area contributed by atoms with E-state index in [0.717, 1.165) is 22.8 Å². The van der Waals surface area contributed by atoms with Crippen LogP contribution in [0, 0.1) is 13.8 Å². The number of aliphatic hydroxyl groups is 1. The molecular weight excluding hydrogens is 268 g/mol. The Morgan fingerprint density at radius 3 is 2.43 bits per heavy atom. The van der Waals surface area contributed by atoms with Crippen molar-refractivity contribution in [3.63, 3.8) is 0 Å². The fraction of sp³-hybridized carbons (Fsp3) is 0.438. The van der Waals surface area contributed by atoms with Crippen LogP contribution >= 0.6 is 0 Å². The van der Waals surface area contributed by atoms with Crippen molar-refractivity contribution in [2.45, 2.75) is 26.4 Å². The Hall–Kier alpha value is -1.85. The molecule has 0 bridgehead atoms. The molecule has 5 nitrogen and oxygen atoms in total. The van der Waals surface area contributed by atoms with Crippen molar-refractivity contribution in [2.75, 3.05) is 20.8 Å².